The zero-order valence-corrected chi connectivity index (χ0v) is 18.0. The highest BCUT2D eigenvalue weighted by molar-refractivity contribution is 7.92. The molecule has 0 radical (unpaired) electrons. The molecule has 8 heteroatoms. The van der Waals surface area contributed by atoms with Gasteiger partial charge in [0.15, 0.2) is 0 Å². The highest BCUT2D eigenvalue weighted by atomic mass is 32.2. The van der Waals surface area contributed by atoms with Crippen LogP contribution in [0.25, 0.3) is 0 Å². The van der Waals surface area contributed by atoms with E-state index in [9.17, 15) is 17.6 Å². The van der Waals surface area contributed by atoms with Crippen molar-refractivity contribution in [1.29, 1.82) is 0 Å². The van der Waals surface area contributed by atoms with Crippen LogP contribution in [0, 0.1) is 5.82 Å². The summed E-state index contributed by atoms with van der Waals surface area (Å²) in [6.45, 7) is 1.34. The fraction of sp³-hybridized carbons (Fsp3) is 0.174. The van der Waals surface area contributed by atoms with Crippen molar-refractivity contribution in [3.63, 3.8) is 0 Å². The Kier molecular flexibility index (Phi) is 6.91. The Balaban J connectivity index is 1.84. The molecule has 3 aromatic carbocycles. The normalized spacial score (nSPS) is 12.1. The fourth-order valence-corrected chi connectivity index (χ4v) is 4.48. The van der Waals surface area contributed by atoms with Crippen LogP contribution in [0.3, 0.4) is 0 Å². The van der Waals surface area contributed by atoms with Crippen molar-refractivity contribution in [3.05, 3.63) is 90.2 Å². The number of hydrogen-bond donors (Lipinski definition) is 1. The fourth-order valence-electron chi connectivity index (χ4n) is 3.04. The maximum atomic E-state index is 13.4. The summed E-state index contributed by atoms with van der Waals surface area (Å²) in [4.78, 5) is 12.8. The average Bonchev–Trinajstić information content (AvgIpc) is 2.78. The minimum atomic E-state index is -4.04. The van der Waals surface area contributed by atoms with E-state index in [4.69, 9.17) is 4.74 Å². The van der Waals surface area contributed by atoms with Gasteiger partial charge in [-0.25, -0.2) is 12.8 Å². The van der Waals surface area contributed by atoms with Gasteiger partial charge in [-0.3, -0.25) is 9.10 Å². The van der Waals surface area contributed by atoms with Gasteiger partial charge in [-0.1, -0.05) is 30.3 Å². The van der Waals surface area contributed by atoms with Gasteiger partial charge in [0, 0.05) is 0 Å². The van der Waals surface area contributed by atoms with E-state index in [0.29, 0.717) is 5.75 Å². The molecular weight excluding hydrogens is 419 g/mol. The lowest BCUT2D eigenvalue weighted by Gasteiger charge is -2.25. The monoisotopic (exact) mass is 442 g/mol. The van der Waals surface area contributed by atoms with Crippen LogP contribution >= 0.6 is 0 Å². The second-order valence-electron chi connectivity index (χ2n) is 6.86. The van der Waals surface area contributed by atoms with Crippen LogP contribution in [0.4, 0.5) is 10.1 Å². The van der Waals surface area contributed by atoms with Crippen molar-refractivity contribution < 1.29 is 22.3 Å². The number of nitrogens with zero attached hydrogens (tertiary/aromatic N) is 1. The Morgan fingerprint density at radius 2 is 1.61 bits per heavy atom. The minimum Gasteiger partial charge on any atom is -0.497 e. The number of hydrogen-bond acceptors (Lipinski definition) is 4. The molecule has 0 aliphatic carbocycles. The van der Waals surface area contributed by atoms with Crippen molar-refractivity contribution in [2.45, 2.75) is 17.9 Å². The van der Waals surface area contributed by atoms with E-state index in [-0.39, 0.29) is 16.6 Å². The molecular formula is C23H23FN2O4S. The van der Waals surface area contributed by atoms with Gasteiger partial charge in [0.25, 0.3) is 10.0 Å². The van der Waals surface area contributed by atoms with Crippen molar-refractivity contribution in [2.75, 3.05) is 18.0 Å². The number of amides is 1. The molecule has 0 heterocycles. The molecule has 0 bridgehead atoms. The molecule has 3 aromatic rings. The van der Waals surface area contributed by atoms with Gasteiger partial charge in [-0.05, 0) is 61.0 Å². The lowest BCUT2D eigenvalue weighted by atomic mass is 10.1. The van der Waals surface area contributed by atoms with Crippen LogP contribution in [-0.2, 0) is 14.8 Å². The molecule has 0 saturated heterocycles. The van der Waals surface area contributed by atoms with Gasteiger partial charge < -0.3 is 10.1 Å². The molecule has 0 spiro atoms. The second kappa shape index (κ2) is 9.61. The van der Waals surface area contributed by atoms with Gasteiger partial charge >= 0.3 is 0 Å². The van der Waals surface area contributed by atoms with Crippen LogP contribution in [0.15, 0.2) is 83.8 Å². The first-order valence-electron chi connectivity index (χ1n) is 9.58. The van der Waals surface area contributed by atoms with Gasteiger partial charge in [0.05, 0.1) is 23.7 Å². The highest BCUT2D eigenvalue weighted by Crippen LogP contribution is 2.24. The number of carbonyl (C=O) groups excluding carboxylic acids is 1. The van der Waals surface area contributed by atoms with Crippen LogP contribution < -0.4 is 14.4 Å². The third kappa shape index (κ3) is 5.40. The molecule has 0 saturated carbocycles. The van der Waals surface area contributed by atoms with Crippen molar-refractivity contribution in [3.8, 4) is 5.75 Å². The molecule has 0 aliphatic rings. The number of nitrogens with one attached hydrogen (secondary N) is 1. The Morgan fingerprint density at radius 1 is 1.00 bits per heavy atom. The summed E-state index contributed by atoms with van der Waals surface area (Å²) in [7, 11) is -2.47. The summed E-state index contributed by atoms with van der Waals surface area (Å²) >= 11 is 0. The van der Waals surface area contributed by atoms with E-state index in [0.717, 1.165) is 22.0 Å². The third-order valence-electron chi connectivity index (χ3n) is 4.73. The van der Waals surface area contributed by atoms with Gasteiger partial charge in [-0.15, -0.1) is 0 Å². The van der Waals surface area contributed by atoms with Crippen molar-refractivity contribution >= 4 is 21.6 Å². The summed E-state index contributed by atoms with van der Waals surface area (Å²) in [5.74, 6) is -0.302. The number of rotatable bonds is 8. The number of ether oxygens (including phenoxy) is 1. The first-order chi connectivity index (χ1) is 14.8. The standard InChI is InChI=1S/C23H23FN2O4S/c1-17(18-8-14-21(30-2)15-9-18)25-23(27)16-26(20-12-10-19(24)11-13-20)31(28,29)22-6-4-3-5-7-22/h3-15,17H,16H2,1-2H3,(H,25,27). The minimum absolute atomic E-state index is 0.0373. The number of benzene rings is 3. The highest BCUT2D eigenvalue weighted by Gasteiger charge is 2.27. The van der Waals surface area contributed by atoms with Gasteiger partial charge in [0.1, 0.15) is 18.1 Å². The van der Waals surface area contributed by atoms with E-state index < -0.39 is 28.3 Å². The number of halogens is 1. The summed E-state index contributed by atoms with van der Waals surface area (Å²) in [6.07, 6.45) is 0. The van der Waals surface area contributed by atoms with Crippen LogP contribution in [0.1, 0.15) is 18.5 Å². The molecule has 1 amide bonds. The molecule has 162 valence electrons. The molecule has 0 aromatic heterocycles. The zero-order valence-electron chi connectivity index (χ0n) is 17.2. The Morgan fingerprint density at radius 3 is 2.19 bits per heavy atom. The number of methoxy groups -OCH3 is 1. The van der Waals surface area contributed by atoms with Crippen LogP contribution in [0.5, 0.6) is 5.75 Å². The third-order valence-corrected chi connectivity index (χ3v) is 6.51. The van der Waals surface area contributed by atoms with Crippen LogP contribution in [-0.4, -0.2) is 28.0 Å². The molecule has 1 N–H and O–H groups in total. The Bertz CT molecular complexity index is 1120. The lowest BCUT2D eigenvalue weighted by molar-refractivity contribution is -0.120. The lowest BCUT2D eigenvalue weighted by Crippen LogP contribution is -2.41. The predicted octanol–water partition coefficient (Wildman–Crippen LogP) is 3.91. The Labute approximate surface area is 181 Å². The van der Waals surface area contributed by atoms with E-state index in [1.54, 1.807) is 44.4 Å². The van der Waals surface area contributed by atoms with E-state index in [2.05, 4.69) is 5.32 Å². The van der Waals surface area contributed by atoms with E-state index >= 15 is 0 Å². The van der Waals surface area contributed by atoms with Gasteiger partial charge in [-0.2, -0.15) is 0 Å². The van der Waals surface area contributed by atoms with E-state index in [1.807, 2.05) is 12.1 Å². The number of carbonyl (C=O) groups is 1. The number of anilines is 1. The molecule has 0 fully saturated rings. The summed E-state index contributed by atoms with van der Waals surface area (Å²) < 4.78 is 45.9. The topological polar surface area (TPSA) is 75.7 Å². The molecule has 6 nitrogen and oxygen atoms in total. The maximum absolute atomic E-state index is 13.4. The SMILES string of the molecule is COc1ccc(C(C)NC(=O)CN(c2ccc(F)cc2)S(=O)(=O)c2ccccc2)cc1. The van der Waals surface area contributed by atoms with Crippen molar-refractivity contribution in [2.24, 2.45) is 0 Å². The number of sulfonamides is 1. The maximum Gasteiger partial charge on any atom is 0.264 e. The largest absolute Gasteiger partial charge is 0.497 e. The summed E-state index contributed by atoms with van der Waals surface area (Å²) in [5.41, 5.74) is 1.03. The summed E-state index contributed by atoms with van der Waals surface area (Å²) in [5, 5.41) is 2.81. The smallest absolute Gasteiger partial charge is 0.264 e. The molecule has 1 atom stereocenters. The van der Waals surface area contributed by atoms with Crippen molar-refractivity contribution in [1.82, 2.24) is 5.32 Å². The summed E-state index contributed by atoms with van der Waals surface area (Å²) in [6, 6.07) is 19.6. The average molecular weight is 443 g/mol. The quantitative estimate of drug-likeness (QED) is 0.574. The molecule has 0 aliphatic heterocycles. The first kappa shape index (κ1) is 22.3. The second-order valence-corrected chi connectivity index (χ2v) is 8.73. The zero-order chi connectivity index (χ0) is 22.4. The van der Waals surface area contributed by atoms with Gasteiger partial charge in [0.2, 0.25) is 5.91 Å². The molecule has 31 heavy (non-hydrogen) atoms. The van der Waals surface area contributed by atoms with E-state index in [1.165, 1.54) is 24.3 Å². The predicted molar refractivity (Wildman–Crippen MR) is 117 cm³/mol. The Hall–Kier alpha value is -3.39. The first-order valence-corrected chi connectivity index (χ1v) is 11.0. The van der Waals surface area contributed by atoms with Crippen LogP contribution in [0.2, 0.25) is 0 Å². The molecule has 3 rings (SSSR count). The molecule has 1 unspecified atom stereocenters.